The van der Waals surface area contributed by atoms with E-state index in [1.165, 1.54) is 25.3 Å². The van der Waals surface area contributed by atoms with Crippen LogP contribution in [0.5, 0.6) is 5.75 Å². The second kappa shape index (κ2) is 5.75. The van der Waals surface area contributed by atoms with Gasteiger partial charge in [0.2, 0.25) is 0 Å². The maximum atomic E-state index is 13.2. The van der Waals surface area contributed by atoms with Gasteiger partial charge in [0.1, 0.15) is 0 Å². The summed E-state index contributed by atoms with van der Waals surface area (Å²) in [5.41, 5.74) is 0.972. The number of methoxy groups -OCH3 is 1. The Balaban J connectivity index is 2.17. The van der Waals surface area contributed by atoms with Crippen molar-refractivity contribution < 1.29 is 13.9 Å². The van der Waals surface area contributed by atoms with Crippen molar-refractivity contribution in [1.29, 1.82) is 0 Å². The molecule has 0 aliphatic rings. The van der Waals surface area contributed by atoms with Crippen LogP contribution in [0.4, 0.5) is 10.1 Å². The van der Waals surface area contributed by atoms with E-state index < -0.39 is 5.82 Å². The van der Waals surface area contributed by atoms with Crippen molar-refractivity contribution in [3.05, 3.63) is 53.8 Å². The second-order valence-electron chi connectivity index (χ2n) is 3.85. The highest BCUT2D eigenvalue weighted by Crippen LogP contribution is 2.22. The van der Waals surface area contributed by atoms with E-state index in [-0.39, 0.29) is 11.7 Å². The number of hydrogen-bond acceptors (Lipinski definition) is 3. The van der Waals surface area contributed by atoms with Crippen LogP contribution >= 0.6 is 12.6 Å². The molecule has 2 aromatic carbocycles. The number of carbonyl (C=O) groups is 1. The fourth-order valence-corrected chi connectivity index (χ4v) is 1.70. The minimum atomic E-state index is -0.472. The molecular weight excluding hydrogens is 265 g/mol. The number of hydrogen-bond donors (Lipinski definition) is 2. The van der Waals surface area contributed by atoms with Gasteiger partial charge in [-0.2, -0.15) is 0 Å². The highest BCUT2D eigenvalue weighted by molar-refractivity contribution is 7.80. The minimum Gasteiger partial charge on any atom is -0.494 e. The van der Waals surface area contributed by atoms with Gasteiger partial charge in [-0.15, -0.1) is 12.6 Å². The van der Waals surface area contributed by atoms with E-state index in [1.54, 1.807) is 24.3 Å². The molecule has 5 heteroatoms. The smallest absolute Gasteiger partial charge is 0.255 e. The van der Waals surface area contributed by atoms with E-state index in [2.05, 4.69) is 17.9 Å². The summed E-state index contributed by atoms with van der Waals surface area (Å²) in [6, 6.07) is 10.9. The summed E-state index contributed by atoms with van der Waals surface area (Å²) in [6.45, 7) is 0. The zero-order valence-corrected chi connectivity index (χ0v) is 11.1. The van der Waals surface area contributed by atoms with E-state index in [0.717, 1.165) is 4.90 Å². The summed E-state index contributed by atoms with van der Waals surface area (Å²) >= 11 is 4.15. The molecule has 0 spiro atoms. The number of benzene rings is 2. The first kappa shape index (κ1) is 13.4. The Bertz CT molecular complexity index is 599. The number of carbonyl (C=O) groups excluding carboxylic acids is 1. The van der Waals surface area contributed by atoms with Gasteiger partial charge < -0.3 is 10.1 Å². The quantitative estimate of drug-likeness (QED) is 0.844. The van der Waals surface area contributed by atoms with Crippen LogP contribution in [0, 0.1) is 5.82 Å². The van der Waals surface area contributed by atoms with Crippen molar-refractivity contribution >= 4 is 24.2 Å². The summed E-state index contributed by atoms with van der Waals surface area (Å²) in [7, 11) is 1.37. The molecule has 2 rings (SSSR count). The third-order valence-electron chi connectivity index (χ3n) is 2.54. The molecule has 0 radical (unpaired) electrons. The van der Waals surface area contributed by atoms with Crippen molar-refractivity contribution in [2.24, 2.45) is 0 Å². The lowest BCUT2D eigenvalue weighted by molar-refractivity contribution is 0.102. The van der Waals surface area contributed by atoms with Crippen LogP contribution in [0.25, 0.3) is 0 Å². The Kier molecular flexibility index (Phi) is 4.06. The number of amides is 1. The molecule has 0 heterocycles. The number of nitrogens with one attached hydrogen (secondary N) is 1. The predicted octanol–water partition coefficient (Wildman–Crippen LogP) is 3.38. The van der Waals surface area contributed by atoms with Gasteiger partial charge in [0.15, 0.2) is 11.6 Å². The molecule has 0 saturated heterocycles. The molecule has 1 amide bonds. The molecule has 0 fully saturated rings. The number of thiol groups is 1. The zero-order valence-electron chi connectivity index (χ0n) is 10.2. The third kappa shape index (κ3) is 3.26. The zero-order chi connectivity index (χ0) is 13.8. The number of rotatable bonds is 3. The SMILES string of the molecule is COc1cc(NC(=O)c2ccc(S)cc2)ccc1F. The average molecular weight is 277 g/mol. The molecule has 2 aromatic rings. The highest BCUT2D eigenvalue weighted by Gasteiger charge is 2.08. The van der Waals surface area contributed by atoms with Gasteiger partial charge in [0.05, 0.1) is 7.11 Å². The molecule has 19 heavy (non-hydrogen) atoms. The fourth-order valence-electron chi connectivity index (χ4n) is 1.55. The van der Waals surface area contributed by atoms with Crippen molar-refractivity contribution in [2.75, 3.05) is 12.4 Å². The maximum absolute atomic E-state index is 13.2. The lowest BCUT2D eigenvalue weighted by Crippen LogP contribution is -2.11. The summed E-state index contributed by atoms with van der Waals surface area (Å²) < 4.78 is 18.1. The van der Waals surface area contributed by atoms with Crippen molar-refractivity contribution in [2.45, 2.75) is 4.90 Å². The fraction of sp³-hybridized carbons (Fsp3) is 0.0714. The maximum Gasteiger partial charge on any atom is 0.255 e. The average Bonchev–Trinajstić information content (AvgIpc) is 2.41. The molecule has 1 N–H and O–H groups in total. The molecule has 0 aliphatic heterocycles. The second-order valence-corrected chi connectivity index (χ2v) is 4.37. The monoisotopic (exact) mass is 277 g/mol. The van der Waals surface area contributed by atoms with Crippen LogP contribution in [0.1, 0.15) is 10.4 Å². The lowest BCUT2D eigenvalue weighted by atomic mass is 10.2. The summed E-state index contributed by atoms with van der Waals surface area (Å²) in [5, 5.41) is 2.67. The third-order valence-corrected chi connectivity index (χ3v) is 2.84. The van der Waals surface area contributed by atoms with Crippen LogP contribution in [-0.4, -0.2) is 13.0 Å². The van der Waals surface area contributed by atoms with Gasteiger partial charge in [0.25, 0.3) is 5.91 Å². The Morgan fingerprint density at radius 1 is 1.21 bits per heavy atom. The first-order valence-corrected chi connectivity index (χ1v) is 5.99. The highest BCUT2D eigenvalue weighted by atomic mass is 32.1. The largest absolute Gasteiger partial charge is 0.494 e. The van der Waals surface area contributed by atoms with Gasteiger partial charge >= 0.3 is 0 Å². The molecule has 0 aromatic heterocycles. The van der Waals surface area contributed by atoms with Gasteiger partial charge in [-0.25, -0.2) is 4.39 Å². The minimum absolute atomic E-state index is 0.0866. The van der Waals surface area contributed by atoms with E-state index in [1.807, 2.05) is 0 Å². The Morgan fingerprint density at radius 2 is 1.89 bits per heavy atom. The van der Waals surface area contributed by atoms with Gasteiger partial charge in [-0.05, 0) is 36.4 Å². The Labute approximate surface area is 115 Å². The van der Waals surface area contributed by atoms with Gasteiger partial charge in [-0.1, -0.05) is 0 Å². The van der Waals surface area contributed by atoms with Gasteiger partial charge in [-0.3, -0.25) is 4.79 Å². The van der Waals surface area contributed by atoms with Crippen LogP contribution in [0.3, 0.4) is 0 Å². The summed E-state index contributed by atoms with van der Waals surface area (Å²) in [6.07, 6.45) is 0. The predicted molar refractivity (Wildman–Crippen MR) is 74.6 cm³/mol. The van der Waals surface area contributed by atoms with E-state index >= 15 is 0 Å². The van der Waals surface area contributed by atoms with Crippen molar-refractivity contribution in [1.82, 2.24) is 0 Å². The van der Waals surface area contributed by atoms with Crippen LogP contribution in [0.2, 0.25) is 0 Å². The topological polar surface area (TPSA) is 38.3 Å². The first-order chi connectivity index (χ1) is 9.10. The molecule has 0 atom stereocenters. The summed E-state index contributed by atoms with van der Waals surface area (Å²) in [5.74, 6) is -0.662. The molecule has 0 unspecified atom stereocenters. The Morgan fingerprint density at radius 3 is 2.53 bits per heavy atom. The van der Waals surface area contributed by atoms with Crippen LogP contribution in [-0.2, 0) is 0 Å². The van der Waals surface area contributed by atoms with Crippen LogP contribution < -0.4 is 10.1 Å². The lowest BCUT2D eigenvalue weighted by Gasteiger charge is -2.08. The normalized spacial score (nSPS) is 10.1. The van der Waals surface area contributed by atoms with Gasteiger partial charge in [0, 0.05) is 22.2 Å². The molecule has 0 bridgehead atoms. The van der Waals surface area contributed by atoms with E-state index in [9.17, 15) is 9.18 Å². The number of anilines is 1. The molecule has 0 aliphatic carbocycles. The summed E-state index contributed by atoms with van der Waals surface area (Å²) in [4.78, 5) is 12.7. The molecule has 0 saturated carbocycles. The van der Waals surface area contributed by atoms with Crippen molar-refractivity contribution in [3.8, 4) is 5.75 Å². The Hall–Kier alpha value is -2.01. The molecule has 3 nitrogen and oxygen atoms in total. The van der Waals surface area contributed by atoms with E-state index in [4.69, 9.17) is 4.74 Å². The standard InChI is InChI=1S/C14H12FNO2S/c1-18-13-8-10(4-7-12(13)15)16-14(17)9-2-5-11(19)6-3-9/h2-8,19H,1H3,(H,16,17). The molecular formula is C14H12FNO2S. The first-order valence-electron chi connectivity index (χ1n) is 5.54. The number of ether oxygens (including phenoxy) is 1. The number of halogens is 1. The van der Waals surface area contributed by atoms with E-state index in [0.29, 0.717) is 11.3 Å². The van der Waals surface area contributed by atoms with Crippen molar-refractivity contribution in [3.63, 3.8) is 0 Å². The molecule has 98 valence electrons. The van der Waals surface area contributed by atoms with Crippen LogP contribution in [0.15, 0.2) is 47.4 Å².